The number of ether oxygens (including phenoxy) is 1. The third-order valence-corrected chi connectivity index (χ3v) is 31.2. The van der Waals surface area contributed by atoms with E-state index < -0.39 is 0 Å². The molecule has 25 aliphatic rings. The van der Waals surface area contributed by atoms with Gasteiger partial charge in [0.05, 0.1) is 12.2 Å². The van der Waals surface area contributed by atoms with Gasteiger partial charge in [-0.1, -0.05) is 232 Å². The molecule has 25 fully saturated rings. The van der Waals surface area contributed by atoms with E-state index in [0.29, 0.717) is 12.2 Å². The van der Waals surface area contributed by atoms with E-state index in [1.807, 2.05) is 152 Å². The van der Waals surface area contributed by atoms with Crippen molar-refractivity contribution in [1.29, 1.82) is 0 Å². The first-order valence-corrected chi connectivity index (χ1v) is 51.0. The van der Waals surface area contributed by atoms with Gasteiger partial charge in [0.1, 0.15) is 0 Å². The zero-order chi connectivity index (χ0) is 77.1. The number of hydrogen-bond donors (Lipinski definition) is 0. The molecule has 25 rings (SSSR count). The van der Waals surface area contributed by atoms with E-state index in [9.17, 15) is 0 Å². The Hall–Kier alpha value is 0.310. The maximum atomic E-state index is 5.84. The molecule has 4 saturated heterocycles. The molecule has 4 heterocycles. The SMILES string of the molecule is C1C2CC3CC1CC(C2)C3.C1C2CC3CC1CC(C2)C3.C1C2CC3CC1CC(C2)C3.C1CC2C3CCC(C3)C2C1.C1CC2C3CCC(O3)C2C1.C1CC2C3CCC(S3)C2C1.C1CC2CC1C1C3CCC(C3)C21.CC.CC.CC.CC.CC.CC.CC.CC.CC.CC.CC.CCC.CCC.CCC. The molecule has 4 aliphatic heterocycles. The topological polar surface area (TPSA) is 9.23 Å². The van der Waals surface area contributed by atoms with Gasteiger partial charge in [0, 0.05) is 10.5 Å². The zero-order valence-electron chi connectivity index (χ0n) is 76.5. The summed E-state index contributed by atoms with van der Waals surface area (Å²) in [6, 6.07) is 0. The van der Waals surface area contributed by atoms with Crippen molar-refractivity contribution in [2.75, 3.05) is 0 Å². The summed E-state index contributed by atoms with van der Waals surface area (Å²) >= 11 is 2.32. The molecule has 1 nitrogen and oxygen atoms in total. The summed E-state index contributed by atoms with van der Waals surface area (Å²) in [6.07, 6.45) is 68.2. The predicted molar refractivity (Wildman–Crippen MR) is 472 cm³/mol. The molecule has 22 bridgehead atoms. The fraction of sp³-hybridized carbons (Fsp3) is 1.00. The fourth-order valence-electron chi connectivity index (χ4n) is 28.0. The lowest BCUT2D eigenvalue weighted by Gasteiger charge is -2.49. The van der Waals surface area contributed by atoms with Gasteiger partial charge in [-0.25, -0.2) is 0 Å². The summed E-state index contributed by atoms with van der Waals surface area (Å²) in [7, 11) is 0. The molecule has 0 aromatic heterocycles. The van der Waals surface area contributed by atoms with Gasteiger partial charge in [-0.15, -0.1) is 0 Å². The van der Waals surface area contributed by atoms with Gasteiger partial charge in [0.2, 0.25) is 0 Å². The molecule has 0 amide bonds. The Balaban J connectivity index is 0.000000384. The number of hydrogen-bond acceptors (Lipinski definition) is 2. The minimum absolute atomic E-state index is 0.692. The molecule has 0 N–H and O–H groups in total. The quantitative estimate of drug-likeness (QED) is 0.224. The molecule has 0 spiro atoms. The summed E-state index contributed by atoms with van der Waals surface area (Å²) < 4.78 is 5.84. The third-order valence-electron chi connectivity index (χ3n) is 29.3. The highest BCUT2D eigenvalue weighted by molar-refractivity contribution is 8.01. The minimum Gasteiger partial charge on any atom is -0.374 e. The van der Waals surface area contributed by atoms with Crippen molar-refractivity contribution in [3.63, 3.8) is 0 Å². The molecular weight excluding hydrogens is 1260 g/mol. The number of rotatable bonds is 0. The first-order valence-electron chi connectivity index (χ1n) is 50.0. The average molecular weight is 1460 g/mol. The van der Waals surface area contributed by atoms with Gasteiger partial charge >= 0.3 is 0 Å². The second-order valence-corrected chi connectivity index (χ2v) is 36.8. The maximum absolute atomic E-state index is 5.84. The van der Waals surface area contributed by atoms with Crippen molar-refractivity contribution in [2.24, 2.45) is 154 Å². The molecule has 0 aromatic carbocycles. The Morgan fingerprint density at radius 2 is 0.369 bits per heavy atom. The van der Waals surface area contributed by atoms with Crippen LogP contribution in [0, 0.1) is 154 Å². The van der Waals surface area contributed by atoms with Crippen LogP contribution in [0.15, 0.2) is 0 Å². The third kappa shape index (κ3) is 28.1. The lowest BCUT2D eigenvalue weighted by atomic mass is 9.56. The zero-order valence-corrected chi connectivity index (χ0v) is 77.4. The molecule has 103 heavy (non-hydrogen) atoms. The first-order chi connectivity index (χ1) is 50.7. The Labute approximate surface area is 658 Å². The van der Waals surface area contributed by atoms with Crippen LogP contribution < -0.4 is 0 Å². The highest BCUT2D eigenvalue weighted by atomic mass is 32.2. The van der Waals surface area contributed by atoms with Gasteiger partial charge in [0.15, 0.2) is 0 Å². The summed E-state index contributed by atoms with van der Waals surface area (Å²) in [5.74, 6) is 30.5. The monoisotopic (exact) mass is 1460 g/mol. The van der Waals surface area contributed by atoms with E-state index in [0.717, 1.165) is 22.3 Å². The molecular formula is C101H200OS. The van der Waals surface area contributed by atoms with E-state index in [4.69, 9.17) is 4.74 Å². The van der Waals surface area contributed by atoms with E-state index in [1.165, 1.54) is 193 Å². The van der Waals surface area contributed by atoms with Crippen LogP contribution in [-0.4, -0.2) is 22.7 Å². The highest BCUT2D eigenvalue weighted by Crippen LogP contribution is 2.68. The van der Waals surface area contributed by atoms with E-state index in [1.54, 1.807) is 225 Å². The second kappa shape index (κ2) is 57.4. The highest BCUT2D eigenvalue weighted by Gasteiger charge is 2.59. The number of thioether (sulfide) groups is 1. The van der Waals surface area contributed by atoms with Crippen molar-refractivity contribution in [3.8, 4) is 0 Å². The molecule has 21 saturated carbocycles. The standard InChI is InChI=1S/C12H18.4C10H16.C9H14O.C9H14S.3C3H8.11C2H6/c1-2-8-5-7(1)11-9-3-4-10(6-9)12(8)11;3*1-7-2-9-4-8(1)5-10(3-7)6-9;1-2-9-7-4-5-8(6-7)10(9)3-1;2*1-2-6-7(3-1)9-5-4-8(6)10-9;3*1-3-2;11*1-2/h7-12H,1-6H2;4*7-10H,1-6H2;2*6-9H,1-5H2;3*3H2,1-2H3;11*1-2H3. The number of fused-ring (bicyclic) bond motifs is 24. The van der Waals surface area contributed by atoms with E-state index in [-0.39, 0.29) is 0 Å². The maximum Gasteiger partial charge on any atom is 0.0611 e. The molecule has 21 aliphatic carbocycles. The van der Waals surface area contributed by atoms with Crippen molar-refractivity contribution in [1.82, 2.24) is 0 Å². The Morgan fingerprint density at radius 3 is 0.583 bits per heavy atom. The fourth-order valence-corrected chi connectivity index (χ4v) is 30.1. The van der Waals surface area contributed by atoms with Gasteiger partial charge in [-0.05, 0) is 391 Å². The van der Waals surface area contributed by atoms with Crippen molar-refractivity contribution in [3.05, 3.63) is 0 Å². The summed E-state index contributed by atoms with van der Waals surface area (Å²) in [5.41, 5.74) is 0. The largest absolute Gasteiger partial charge is 0.374 e. The van der Waals surface area contributed by atoms with Gasteiger partial charge in [0.25, 0.3) is 0 Å². The molecule has 616 valence electrons. The lowest BCUT2D eigenvalue weighted by molar-refractivity contribution is 0.0197. The van der Waals surface area contributed by atoms with Gasteiger partial charge < -0.3 is 4.74 Å². The first kappa shape index (κ1) is 99.4. The van der Waals surface area contributed by atoms with Crippen LogP contribution in [0.5, 0.6) is 0 Å². The van der Waals surface area contributed by atoms with Crippen LogP contribution in [0.2, 0.25) is 0 Å². The minimum atomic E-state index is 0.692. The Kier molecular flexibility index (Phi) is 55.3. The molecule has 2 heteroatoms. The lowest BCUT2D eigenvalue weighted by Crippen LogP contribution is -2.38. The molecule has 16 unspecified atom stereocenters. The van der Waals surface area contributed by atoms with E-state index in [2.05, 4.69) is 53.3 Å². The van der Waals surface area contributed by atoms with Crippen molar-refractivity contribution >= 4 is 11.8 Å². The van der Waals surface area contributed by atoms with E-state index >= 15 is 0 Å². The van der Waals surface area contributed by atoms with Crippen LogP contribution in [0.25, 0.3) is 0 Å². The molecule has 0 radical (unpaired) electrons. The van der Waals surface area contributed by atoms with Crippen LogP contribution in [0.3, 0.4) is 0 Å². The summed E-state index contributed by atoms with van der Waals surface area (Å²) in [4.78, 5) is 0. The van der Waals surface area contributed by atoms with Crippen molar-refractivity contribution < 1.29 is 4.74 Å². The summed E-state index contributed by atoms with van der Waals surface area (Å²) in [6.45, 7) is 56.8. The average Bonchev–Trinajstić information content (AvgIpc) is 1.58. The van der Waals surface area contributed by atoms with Gasteiger partial charge in [-0.3, -0.25) is 0 Å². The second-order valence-electron chi connectivity index (χ2n) is 35.3. The van der Waals surface area contributed by atoms with Crippen LogP contribution in [0.1, 0.15) is 470 Å². The summed E-state index contributed by atoms with van der Waals surface area (Å²) in [5, 5.41) is 2.22. The van der Waals surface area contributed by atoms with Crippen LogP contribution in [-0.2, 0) is 4.74 Å². The normalized spacial score (nSPS) is 42.4. The molecule has 0 aromatic rings. The van der Waals surface area contributed by atoms with Crippen LogP contribution in [0.4, 0.5) is 0 Å². The van der Waals surface area contributed by atoms with Crippen LogP contribution >= 0.6 is 11.8 Å². The van der Waals surface area contributed by atoms with Crippen molar-refractivity contribution in [2.45, 2.75) is 493 Å². The van der Waals surface area contributed by atoms with Gasteiger partial charge in [-0.2, -0.15) is 11.8 Å². The Morgan fingerprint density at radius 1 is 0.194 bits per heavy atom. The predicted octanol–water partition coefficient (Wildman–Crippen LogP) is 34.6. The Bertz CT molecular complexity index is 1480. The smallest absolute Gasteiger partial charge is 0.0611 e. The molecule has 16 atom stereocenters.